The van der Waals surface area contributed by atoms with E-state index in [2.05, 4.69) is 15.9 Å². The van der Waals surface area contributed by atoms with Crippen LogP contribution >= 0.6 is 15.9 Å². The van der Waals surface area contributed by atoms with Gasteiger partial charge in [0.2, 0.25) is 0 Å². The summed E-state index contributed by atoms with van der Waals surface area (Å²) >= 11 is 3.47. The molecule has 0 unspecified atom stereocenters. The molecule has 16 heavy (non-hydrogen) atoms. The molecular weight excluding hydrogens is 270 g/mol. The highest BCUT2D eigenvalue weighted by Crippen LogP contribution is 2.36. The second-order valence-corrected chi connectivity index (χ2v) is 4.43. The van der Waals surface area contributed by atoms with Crippen molar-refractivity contribution in [3.05, 3.63) is 28.4 Å². The fourth-order valence-corrected chi connectivity index (χ4v) is 2.91. The second-order valence-electron chi connectivity index (χ2n) is 3.63. The number of aryl methyl sites for hydroxylation is 1. The van der Waals surface area contributed by atoms with Gasteiger partial charge in [-0.1, -0.05) is 6.07 Å². The minimum atomic E-state index is 0.0348. The Morgan fingerprint density at radius 1 is 1.44 bits per heavy atom. The number of hydrogen-bond acceptors (Lipinski definition) is 2. The van der Waals surface area contributed by atoms with Gasteiger partial charge < -0.3 is 9.30 Å². The SMILES string of the molecule is COc1cccc2c1c(Br)c(C(C)=O)n2C. The third-order valence-corrected chi connectivity index (χ3v) is 3.45. The molecule has 0 bridgehead atoms. The summed E-state index contributed by atoms with van der Waals surface area (Å²) < 4.78 is 7.98. The normalized spacial score (nSPS) is 10.8. The van der Waals surface area contributed by atoms with Crippen molar-refractivity contribution < 1.29 is 9.53 Å². The van der Waals surface area contributed by atoms with E-state index < -0.39 is 0 Å². The molecule has 84 valence electrons. The zero-order valence-electron chi connectivity index (χ0n) is 9.37. The molecule has 0 fully saturated rings. The number of halogens is 1. The monoisotopic (exact) mass is 281 g/mol. The van der Waals surface area contributed by atoms with Crippen LogP contribution in [0.25, 0.3) is 10.9 Å². The van der Waals surface area contributed by atoms with Crippen LogP contribution in [0.1, 0.15) is 17.4 Å². The Bertz CT molecular complexity index is 572. The maximum absolute atomic E-state index is 11.6. The average Bonchev–Trinajstić information content (AvgIpc) is 2.51. The van der Waals surface area contributed by atoms with Gasteiger partial charge in [-0.2, -0.15) is 0 Å². The number of hydrogen-bond donors (Lipinski definition) is 0. The van der Waals surface area contributed by atoms with Crippen molar-refractivity contribution in [2.24, 2.45) is 7.05 Å². The second kappa shape index (κ2) is 3.94. The molecule has 0 amide bonds. The summed E-state index contributed by atoms with van der Waals surface area (Å²) in [4.78, 5) is 11.6. The van der Waals surface area contributed by atoms with Crippen LogP contribution in [0.4, 0.5) is 0 Å². The number of methoxy groups -OCH3 is 1. The van der Waals surface area contributed by atoms with E-state index in [1.807, 2.05) is 29.8 Å². The molecular formula is C12H12BrNO2. The summed E-state index contributed by atoms with van der Waals surface area (Å²) in [6.45, 7) is 1.56. The highest BCUT2D eigenvalue weighted by atomic mass is 79.9. The highest BCUT2D eigenvalue weighted by Gasteiger charge is 2.18. The predicted molar refractivity (Wildman–Crippen MR) is 67.2 cm³/mol. The number of Topliss-reactive ketones (excluding diaryl/α,β-unsaturated/α-hetero) is 1. The molecule has 1 heterocycles. The van der Waals surface area contributed by atoms with E-state index in [9.17, 15) is 4.79 Å². The molecule has 0 aliphatic carbocycles. The van der Waals surface area contributed by atoms with E-state index in [0.29, 0.717) is 5.69 Å². The summed E-state index contributed by atoms with van der Waals surface area (Å²) in [5.41, 5.74) is 1.65. The van der Waals surface area contributed by atoms with E-state index in [1.54, 1.807) is 14.0 Å². The lowest BCUT2D eigenvalue weighted by Crippen LogP contribution is -2.01. The molecule has 1 aromatic heterocycles. The molecule has 0 N–H and O–H groups in total. The van der Waals surface area contributed by atoms with Crippen LogP contribution in [0, 0.1) is 0 Å². The smallest absolute Gasteiger partial charge is 0.177 e. The fourth-order valence-electron chi connectivity index (χ4n) is 1.97. The number of carbonyl (C=O) groups is 1. The van der Waals surface area contributed by atoms with Crippen molar-refractivity contribution in [3.8, 4) is 5.75 Å². The van der Waals surface area contributed by atoms with Crippen molar-refractivity contribution in [3.63, 3.8) is 0 Å². The molecule has 0 saturated heterocycles. The topological polar surface area (TPSA) is 31.2 Å². The summed E-state index contributed by atoms with van der Waals surface area (Å²) in [6.07, 6.45) is 0. The van der Waals surface area contributed by atoms with Crippen molar-refractivity contribution in [2.45, 2.75) is 6.92 Å². The molecule has 4 heteroatoms. The Hall–Kier alpha value is -1.29. The predicted octanol–water partition coefficient (Wildman–Crippen LogP) is 3.15. The highest BCUT2D eigenvalue weighted by molar-refractivity contribution is 9.10. The molecule has 0 saturated carbocycles. The lowest BCUT2D eigenvalue weighted by Gasteiger charge is -2.02. The zero-order valence-corrected chi connectivity index (χ0v) is 11.0. The third kappa shape index (κ3) is 1.45. The zero-order chi connectivity index (χ0) is 11.9. The number of fused-ring (bicyclic) bond motifs is 1. The van der Waals surface area contributed by atoms with Crippen LogP contribution in [0.15, 0.2) is 22.7 Å². The fraction of sp³-hybridized carbons (Fsp3) is 0.250. The lowest BCUT2D eigenvalue weighted by atomic mass is 10.2. The third-order valence-electron chi connectivity index (χ3n) is 2.68. The number of rotatable bonds is 2. The molecule has 0 aliphatic rings. The molecule has 1 aromatic carbocycles. The maximum Gasteiger partial charge on any atom is 0.177 e. The number of ether oxygens (including phenoxy) is 1. The van der Waals surface area contributed by atoms with Crippen molar-refractivity contribution in [1.82, 2.24) is 4.57 Å². The molecule has 0 spiro atoms. The van der Waals surface area contributed by atoms with E-state index in [-0.39, 0.29) is 5.78 Å². The van der Waals surface area contributed by atoms with Gasteiger partial charge in [0.25, 0.3) is 0 Å². The molecule has 3 nitrogen and oxygen atoms in total. The van der Waals surface area contributed by atoms with Crippen molar-refractivity contribution in [1.29, 1.82) is 0 Å². The molecule has 0 radical (unpaired) electrons. The van der Waals surface area contributed by atoms with E-state index >= 15 is 0 Å². The van der Waals surface area contributed by atoms with Crippen LogP contribution in [-0.4, -0.2) is 17.5 Å². The Balaban J connectivity index is 2.93. The Kier molecular flexibility index (Phi) is 2.76. The van der Waals surface area contributed by atoms with Gasteiger partial charge in [0.05, 0.1) is 28.2 Å². The number of nitrogens with zero attached hydrogens (tertiary/aromatic N) is 1. The molecule has 2 aromatic rings. The Morgan fingerprint density at radius 2 is 2.12 bits per heavy atom. The van der Waals surface area contributed by atoms with Crippen molar-refractivity contribution in [2.75, 3.05) is 7.11 Å². The summed E-state index contributed by atoms with van der Waals surface area (Å²) in [5, 5.41) is 0.942. The van der Waals surface area contributed by atoms with Crippen LogP contribution in [0.5, 0.6) is 5.75 Å². The first kappa shape index (κ1) is 11.2. The standard InChI is InChI=1S/C12H12BrNO2/c1-7(15)12-11(13)10-8(14(12)2)5-4-6-9(10)16-3/h4-6H,1-3H3. The first-order valence-corrected chi connectivity index (χ1v) is 5.69. The Labute approximate surface area is 102 Å². The minimum absolute atomic E-state index is 0.0348. The van der Waals surface area contributed by atoms with Gasteiger partial charge >= 0.3 is 0 Å². The lowest BCUT2D eigenvalue weighted by molar-refractivity contribution is 0.101. The van der Waals surface area contributed by atoms with Crippen LogP contribution in [0.3, 0.4) is 0 Å². The van der Waals surface area contributed by atoms with Crippen LogP contribution in [-0.2, 0) is 7.05 Å². The number of aromatic nitrogens is 1. The van der Waals surface area contributed by atoms with E-state index in [4.69, 9.17) is 4.74 Å². The van der Waals surface area contributed by atoms with Gasteiger partial charge in [0, 0.05) is 14.0 Å². The van der Waals surface area contributed by atoms with Gasteiger partial charge in [-0.15, -0.1) is 0 Å². The van der Waals surface area contributed by atoms with Gasteiger partial charge in [0.1, 0.15) is 5.75 Å². The quantitative estimate of drug-likeness (QED) is 0.792. The average molecular weight is 282 g/mol. The summed E-state index contributed by atoms with van der Waals surface area (Å²) in [7, 11) is 3.50. The first-order chi connectivity index (χ1) is 7.57. The maximum atomic E-state index is 11.6. The molecule has 0 atom stereocenters. The molecule has 2 rings (SSSR count). The summed E-state index contributed by atoms with van der Waals surface area (Å²) in [6, 6.07) is 5.77. The van der Waals surface area contributed by atoms with Crippen molar-refractivity contribution >= 4 is 32.6 Å². The van der Waals surface area contributed by atoms with Crippen LogP contribution in [0.2, 0.25) is 0 Å². The van der Waals surface area contributed by atoms with E-state index in [1.165, 1.54) is 0 Å². The van der Waals surface area contributed by atoms with Gasteiger partial charge in [-0.3, -0.25) is 4.79 Å². The number of ketones is 1. The minimum Gasteiger partial charge on any atom is -0.496 e. The van der Waals surface area contributed by atoms with Gasteiger partial charge in [-0.05, 0) is 28.1 Å². The largest absolute Gasteiger partial charge is 0.496 e. The molecule has 0 aliphatic heterocycles. The van der Waals surface area contributed by atoms with Crippen LogP contribution < -0.4 is 4.74 Å². The van der Waals surface area contributed by atoms with Gasteiger partial charge in [0.15, 0.2) is 5.78 Å². The van der Waals surface area contributed by atoms with Gasteiger partial charge in [-0.25, -0.2) is 0 Å². The number of benzene rings is 1. The number of carbonyl (C=O) groups excluding carboxylic acids is 1. The van der Waals surface area contributed by atoms with E-state index in [0.717, 1.165) is 21.1 Å². The summed E-state index contributed by atoms with van der Waals surface area (Å²) in [5.74, 6) is 0.806. The first-order valence-electron chi connectivity index (χ1n) is 4.89. The Morgan fingerprint density at radius 3 is 2.69 bits per heavy atom.